The number of benzene rings is 2. The minimum Gasteiger partial charge on any atom is -0.313 e. The second-order valence-electron chi connectivity index (χ2n) is 6.90. The van der Waals surface area contributed by atoms with Gasteiger partial charge in [-0.05, 0) is 66.1 Å². The summed E-state index contributed by atoms with van der Waals surface area (Å²) in [4.78, 5) is 0. The van der Waals surface area contributed by atoms with Crippen molar-refractivity contribution in [1.82, 2.24) is 15.5 Å². The van der Waals surface area contributed by atoms with E-state index < -0.39 is 17.7 Å². The normalized spacial score (nSPS) is 16.9. The summed E-state index contributed by atoms with van der Waals surface area (Å²) in [5, 5.41) is 10.00. The first-order valence-corrected chi connectivity index (χ1v) is 9.03. The van der Waals surface area contributed by atoms with E-state index in [1.54, 1.807) is 18.2 Å². The highest BCUT2D eigenvalue weighted by Gasteiger charge is 2.33. The largest absolute Gasteiger partial charge is 0.435 e. The van der Waals surface area contributed by atoms with Crippen molar-refractivity contribution in [2.24, 2.45) is 0 Å². The Labute approximate surface area is 163 Å². The zero-order valence-electron chi connectivity index (χ0n) is 15.1. The second kappa shape index (κ2) is 7.51. The molecule has 0 amide bonds. The number of nitrogens with zero attached hydrogens (tertiary/aromatic N) is 2. The third-order valence-electron chi connectivity index (χ3n) is 5.03. The number of hydrogen-bond acceptors (Lipinski definition) is 3. The summed E-state index contributed by atoms with van der Waals surface area (Å²) in [5.74, 6) is -1.06. The highest BCUT2D eigenvalue weighted by molar-refractivity contribution is 5.62. The van der Waals surface area contributed by atoms with E-state index in [2.05, 4.69) is 15.5 Å². The summed E-state index contributed by atoms with van der Waals surface area (Å²) in [5.41, 5.74) is 1.44. The van der Waals surface area contributed by atoms with Gasteiger partial charge in [0.15, 0.2) is 5.69 Å². The average Bonchev–Trinajstić information content (AvgIpc) is 2.89. The van der Waals surface area contributed by atoms with Crippen LogP contribution in [0.1, 0.15) is 34.7 Å². The standard InChI is InChI=1S/C21H16F5N3/c22-14-3-1-12(2-4-14)15-7-8-27-11-13-9-17(18(23)10-16(13)15)19-5-6-20(29-28-19)21(24,25)26/h1-6,9-10,15,27H,7-8,11H2. The van der Waals surface area contributed by atoms with Crippen LogP contribution in [-0.4, -0.2) is 16.7 Å². The van der Waals surface area contributed by atoms with Crippen molar-refractivity contribution in [2.45, 2.75) is 25.1 Å². The Balaban J connectivity index is 1.75. The molecule has 4 rings (SSSR count). The van der Waals surface area contributed by atoms with E-state index >= 15 is 0 Å². The van der Waals surface area contributed by atoms with E-state index in [1.165, 1.54) is 18.2 Å². The number of alkyl halides is 3. The molecule has 1 aliphatic rings. The summed E-state index contributed by atoms with van der Waals surface area (Å²) in [6.45, 7) is 1.17. The van der Waals surface area contributed by atoms with Gasteiger partial charge in [0, 0.05) is 18.0 Å². The van der Waals surface area contributed by atoms with Gasteiger partial charge in [0.2, 0.25) is 0 Å². The van der Waals surface area contributed by atoms with Gasteiger partial charge in [-0.25, -0.2) is 8.78 Å². The van der Waals surface area contributed by atoms with Gasteiger partial charge in [-0.3, -0.25) is 0 Å². The van der Waals surface area contributed by atoms with Crippen LogP contribution in [0.2, 0.25) is 0 Å². The molecule has 0 fully saturated rings. The molecule has 0 radical (unpaired) electrons. The maximum atomic E-state index is 14.9. The van der Waals surface area contributed by atoms with Crippen LogP contribution >= 0.6 is 0 Å². The summed E-state index contributed by atoms with van der Waals surface area (Å²) in [6, 6.07) is 11.0. The van der Waals surface area contributed by atoms with E-state index in [-0.39, 0.29) is 23.0 Å². The van der Waals surface area contributed by atoms with Gasteiger partial charge in [0.25, 0.3) is 0 Å². The van der Waals surface area contributed by atoms with Crippen molar-refractivity contribution in [1.29, 1.82) is 0 Å². The minimum atomic E-state index is -4.61. The zero-order chi connectivity index (χ0) is 20.6. The van der Waals surface area contributed by atoms with Crippen LogP contribution in [0, 0.1) is 11.6 Å². The Bertz CT molecular complexity index is 1010. The van der Waals surface area contributed by atoms with Crippen LogP contribution in [0.25, 0.3) is 11.3 Å². The summed E-state index contributed by atoms with van der Waals surface area (Å²) >= 11 is 0. The molecular weight excluding hydrogens is 389 g/mol. The molecule has 3 nitrogen and oxygen atoms in total. The van der Waals surface area contributed by atoms with E-state index in [4.69, 9.17) is 0 Å². The average molecular weight is 405 g/mol. The van der Waals surface area contributed by atoms with Gasteiger partial charge in [-0.15, -0.1) is 10.2 Å². The van der Waals surface area contributed by atoms with Crippen molar-refractivity contribution < 1.29 is 22.0 Å². The lowest BCUT2D eigenvalue weighted by molar-refractivity contribution is -0.141. The smallest absolute Gasteiger partial charge is 0.313 e. The fraction of sp³-hybridized carbons (Fsp3) is 0.238. The Morgan fingerprint density at radius 1 is 0.931 bits per heavy atom. The topological polar surface area (TPSA) is 37.8 Å². The van der Waals surface area contributed by atoms with Gasteiger partial charge >= 0.3 is 6.18 Å². The highest BCUT2D eigenvalue weighted by Crippen LogP contribution is 2.36. The molecule has 1 aliphatic heterocycles. The number of nitrogens with one attached hydrogen (secondary N) is 1. The fourth-order valence-corrected chi connectivity index (χ4v) is 3.60. The fourth-order valence-electron chi connectivity index (χ4n) is 3.60. The number of aromatic nitrogens is 2. The molecule has 0 bridgehead atoms. The Morgan fingerprint density at radius 3 is 2.34 bits per heavy atom. The predicted molar refractivity (Wildman–Crippen MR) is 97.0 cm³/mol. The molecular formula is C21H16F5N3. The number of fused-ring (bicyclic) bond motifs is 1. The third kappa shape index (κ3) is 3.98. The summed E-state index contributed by atoms with van der Waals surface area (Å²) in [6.07, 6.45) is -3.90. The predicted octanol–water partition coefficient (Wildman–Crippen LogP) is 5.07. The third-order valence-corrected chi connectivity index (χ3v) is 5.03. The molecule has 2 aromatic carbocycles. The molecule has 2 heterocycles. The van der Waals surface area contributed by atoms with Crippen molar-refractivity contribution in [3.05, 3.63) is 82.5 Å². The van der Waals surface area contributed by atoms with E-state index in [1.807, 2.05) is 0 Å². The molecule has 0 saturated heterocycles. The SMILES string of the molecule is Fc1ccc(C2CCNCc3cc(-c4ccc(C(F)(F)F)nn4)c(F)cc32)cc1. The molecule has 0 saturated carbocycles. The molecule has 1 aromatic heterocycles. The summed E-state index contributed by atoms with van der Waals surface area (Å²) in [7, 11) is 0. The van der Waals surface area contributed by atoms with Crippen molar-refractivity contribution in [2.75, 3.05) is 6.54 Å². The van der Waals surface area contributed by atoms with Gasteiger partial charge in [0.1, 0.15) is 11.6 Å². The van der Waals surface area contributed by atoms with Gasteiger partial charge in [-0.1, -0.05) is 12.1 Å². The maximum absolute atomic E-state index is 14.9. The second-order valence-corrected chi connectivity index (χ2v) is 6.90. The molecule has 1 atom stereocenters. The van der Waals surface area contributed by atoms with Crippen molar-refractivity contribution in [3.8, 4) is 11.3 Å². The van der Waals surface area contributed by atoms with Gasteiger partial charge in [0.05, 0.1) is 5.69 Å². The molecule has 150 valence electrons. The van der Waals surface area contributed by atoms with Crippen molar-refractivity contribution >= 4 is 0 Å². The maximum Gasteiger partial charge on any atom is 0.435 e. The van der Waals surface area contributed by atoms with Crippen LogP contribution in [0.3, 0.4) is 0 Å². The van der Waals surface area contributed by atoms with E-state index in [0.29, 0.717) is 19.5 Å². The molecule has 3 aromatic rings. The van der Waals surface area contributed by atoms with Crippen molar-refractivity contribution in [3.63, 3.8) is 0 Å². The summed E-state index contributed by atoms with van der Waals surface area (Å²) < 4.78 is 66.3. The van der Waals surface area contributed by atoms with Crippen LogP contribution in [-0.2, 0) is 12.7 Å². The number of hydrogen-bond donors (Lipinski definition) is 1. The first-order valence-electron chi connectivity index (χ1n) is 9.03. The first kappa shape index (κ1) is 19.4. The molecule has 0 aliphatic carbocycles. The molecule has 1 unspecified atom stereocenters. The Kier molecular flexibility index (Phi) is 5.04. The zero-order valence-corrected chi connectivity index (χ0v) is 15.1. The first-order chi connectivity index (χ1) is 13.8. The van der Waals surface area contributed by atoms with Crippen LogP contribution in [0.15, 0.2) is 48.5 Å². The molecule has 29 heavy (non-hydrogen) atoms. The number of halogens is 5. The minimum absolute atomic E-state index is 0.0286. The van der Waals surface area contributed by atoms with E-state index in [0.717, 1.165) is 28.8 Å². The monoisotopic (exact) mass is 405 g/mol. The molecule has 1 N–H and O–H groups in total. The molecule has 8 heteroatoms. The lowest BCUT2D eigenvalue weighted by Gasteiger charge is -2.19. The lowest BCUT2D eigenvalue weighted by Crippen LogP contribution is -2.12. The Morgan fingerprint density at radius 2 is 1.69 bits per heavy atom. The van der Waals surface area contributed by atoms with Gasteiger partial charge < -0.3 is 5.32 Å². The lowest BCUT2D eigenvalue weighted by atomic mass is 9.85. The molecule has 0 spiro atoms. The van der Waals surface area contributed by atoms with Crippen LogP contribution in [0.4, 0.5) is 22.0 Å². The van der Waals surface area contributed by atoms with Crippen LogP contribution < -0.4 is 5.32 Å². The highest BCUT2D eigenvalue weighted by atomic mass is 19.4. The Hall–Kier alpha value is -2.87. The van der Waals surface area contributed by atoms with Crippen LogP contribution in [0.5, 0.6) is 0 Å². The number of rotatable bonds is 2. The van der Waals surface area contributed by atoms with Gasteiger partial charge in [-0.2, -0.15) is 13.2 Å². The quantitative estimate of drug-likeness (QED) is 0.606. The van der Waals surface area contributed by atoms with E-state index in [9.17, 15) is 22.0 Å².